The molecule has 0 heterocycles. The van der Waals surface area contributed by atoms with Crippen LogP contribution >= 0.6 is 0 Å². The van der Waals surface area contributed by atoms with Crippen LogP contribution in [0.4, 0.5) is 10.5 Å². The highest BCUT2D eigenvalue weighted by Gasteiger charge is 2.18. The molecule has 0 saturated heterocycles. The smallest absolute Gasteiger partial charge is 0.411 e. The number of carboxylic acids is 1. The van der Waals surface area contributed by atoms with E-state index in [1.54, 1.807) is 18.2 Å². The highest BCUT2D eigenvalue weighted by Crippen LogP contribution is 2.23. The van der Waals surface area contributed by atoms with Crippen LogP contribution in [0.5, 0.6) is 0 Å². The number of carbonyl (C=O) groups is 2. The lowest BCUT2D eigenvalue weighted by Crippen LogP contribution is -2.17. The lowest BCUT2D eigenvalue weighted by atomic mass is 9.97. The third-order valence-corrected chi connectivity index (χ3v) is 2.67. The number of aromatic carboxylic acids is 1. The Balaban J connectivity index is 3.00. The molecule has 110 valence electrons. The van der Waals surface area contributed by atoms with Gasteiger partial charge in [-0.05, 0) is 30.4 Å². The molecule has 0 unspecified atom stereocenters. The third-order valence-electron chi connectivity index (χ3n) is 2.67. The first-order valence-corrected chi connectivity index (χ1v) is 6.74. The van der Waals surface area contributed by atoms with Crippen molar-refractivity contribution < 1.29 is 19.4 Å². The SMILES string of the molecule is CCCOC(=O)Nc1cccc(CC(C)C)c1C(=O)O. The van der Waals surface area contributed by atoms with Crippen LogP contribution in [-0.2, 0) is 11.2 Å². The summed E-state index contributed by atoms with van der Waals surface area (Å²) in [6, 6.07) is 5.08. The average molecular weight is 279 g/mol. The zero-order valence-electron chi connectivity index (χ0n) is 12.1. The molecule has 0 aliphatic carbocycles. The van der Waals surface area contributed by atoms with E-state index in [9.17, 15) is 14.7 Å². The van der Waals surface area contributed by atoms with Gasteiger partial charge in [0.15, 0.2) is 0 Å². The maximum atomic E-state index is 11.6. The molecule has 0 aliphatic heterocycles. The predicted molar refractivity (Wildman–Crippen MR) is 77.2 cm³/mol. The fourth-order valence-corrected chi connectivity index (χ4v) is 1.91. The summed E-state index contributed by atoms with van der Waals surface area (Å²) in [6.45, 7) is 6.22. The van der Waals surface area contributed by atoms with E-state index >= 15 is 0 Å². The second kappa shape index (κ2) is 7.53. The summed E-state index contributed by atoms with van der Waals surface area (Å²) in [4.78, 5) is 23.0. The molecular weight excluding hydrogens is 258 g/mol. The molecule has 5 nitrogen and oxygen atoms in total. The van der Waals surface area contributed by atoms with E-state index in [0.29, 0.717) is 30.9 Å². The first kappa shape index (κ1) is 16.0. The Bertz CT molecular complexity index is 483. The largest absolute Gasteiger partial charge is 0.478 e. The van der Waals surface area contributed by atoms with Crippen molar-refractivity contribution in [1.82, 2.24) is 0 Å². The number of nitrogens with one attached hydrogen (secondary N) is 1. The van der Waals surface area contributed by atoms with Crippen LogP contribution in [0.2, 0.25) is 0 Å². The molecule has 0 saturated carbocycles. The summed E-state index contributed by atoms with van der Waals surface area (Å²) in [5, 5.41) is 11.9. The number of anilines is 1. The lowest BCUT2D eigenvalue weighted by Gasteiger charge is -2.14. The molecule has 1 amide bonds. The summed E-state index contributed by atoms with van der Waals surface area (Å²) in [5.74, 6) is -0.720. The van der Waals surface area contributed by atoms with Crippen molar-refractivity contribution in [2.24, 2.45) is 5.92 Å². The van der Waals surface area contributed by atoms with E-state index in [4.69, 9.17) is 4.74 Å². The zero-order chi connectivity index (χ0) is 15.1. The van der Waals surface area contributed by atoms with Gasteiger partial charge in [0.2, 0.25) is 0 Å². The molecule has 2 N–H and O–H groups in total. The maximum Gasteiger partial charge on any atom is 0.411 e. The standard InChI is InChI=1S/C15H21NO4/c1-4-8-20-15(19)16-12-7-5-6-11(9-10(2)3)13(12)14(17)18/h5-7,10H,4,8-9H2,1-3H3,(H,16,19)(H,17,18). The van der Waals surface area contributed by atoms with Crippen LogP contribution in [0.1, 0.15) is 43.1 Å². The number of amides is 1. The van der Waals surface area contributed by atoms with Crippen LogP contribution in [0.3, 0.4) is 0 Å². The highest BCUT2D eigenvalue weighted by atomic mass is 16.5. The van der Waals surface area contributed by atoms with Gasteiger partial charge in [0.1, 0.15) is 0 Å². The summed E-state index contributed by atoms with van der Waals surface area (Å²) < 4.78 is 4.91. The van der Waals surface area contributed by atoms with Crippen LogP contribution < -0.4 is 5.32 Å². The molecule has 5 heteroatoms. The van der Waals surface area contributed by atoms with E-state index in [2.05, 4.69) is 5.32 Å². The number of carbonyl (C=O) groups excluding carboxylic acids is 1. The van der Waals surface area contributed by atoms with Gasteiger partial charge in [-0.1, -0.05) is 32.9 Å². The molecule has 0 aromatic heterocycles. The minimum absolute atomic E-state index is 0.134. The number of hydrogen-bond donors (Lipinski definition) is 2. The normalized spacial score (nSPS) is 10.4. The molecule has 20 heavy (non-hydrogen) atoms. The zero-order valence-corrected chi connectivity index (χ0v) is 12.1. The van der Waals surface area contributed by atoms with E-state index < -0.39 is 12.1 Å². The molecular formula is C15H21NO4. The van der Waals surface area contributed by atoms with Crippen molar-refractivity contribution in [2.75, 3.05) is 11.9 Å². The minimum Gasteiger partial charge on any atom is -0.478 e. The van der Waals surface area contributed by atoms with Gasteiger partial charge >= 0.3 is 12.1 Å². The second-order valence-electron chi connectivity index (χ2n) is 5.00. The lowest BCUT2D eigenvalue weighted by molar-refractivity contribution is 0.0696. The maximum absolute atomic E-state index is 11.6. The van der Waals surface area contributed by atoms with Gasteiger partial charge < -0.3 is 9.84 Å². The van der Waals surface area contributed by atoms with Gasteiger partial charge in [-0.2, -0.15) is 0 Å². The van der Waals surface area contributed by atoms with E-state index in [0.717, 1.165) is 0 Å². The molecule has 0 fully saturated rings. The van der Waals surface area contributed by atoms with E-state index in [1.165, 1.54) is 0 Å². The quantitative estimate of drug-likeness (QED) is 0.835. The molecule has 0 spiro atoms. The summed E-state index contributed by atoms with van der Waals surface area (Å²) in [5.41, 5.74) is 1.12. The van der Waals surface area contributed by atoms with E-state index in [-0.39, 0.29) is 11.3 Å². The molecule has 1 rings (SSSR count). The van der Waals surface area contributed by atoms with Crippen LogP contribution in [0.15, 0.2) is 18.2 Å². The Morgan fingerprint density at radius 1 is 1.35 bits per heavy atom. The summed E-state index contributed by atoms with van der Waals surface area (Å²) in [6.07, 6.45) is 0.726. The molecule has 0 atom stereocenters. The number of hydrogen-bond acceptors (Lipinski definition) is 3. The third kappa shape index (κ3) is 4.57. The van der Waals surface area contributed by atoms with Crippen molar-refractivity contribution in [1.29, 1.82) is 0 Å². The van der Waals surface area contributed by atoms with Crippen molar-refractivity contribution in [3.05, 3.63) is 29.3 Å². The van der Waals surface area contributed by atoms with Gasteiger partial charge in [-0.25, -0.2) is 9.59 Å². The van der Waals surface area contributed by atoms with Crippen molar-refractivity contribution >= 4 is 17.7 Å². The second-order valence-corrected chi connectivity index (χ2v) is 5.00. The minimum atomic E-state index is -1.05. The fraction of sp³-hybridized carbons (Fsp3) is 0.467. The van der Waals surface area contributed by atoms with Gasteiger partial charge in [-0.15, -0.1) is 0 Å². The Hall–Kier alpha value is -2.04. The van der Waals surface area contributed by atoms with E-state index in [1.807, 2.05) is 20.8 Å². The topological polar surface area (TPSA) is 75.6 Å². The van der Waals surface area contributed by atoms with Crippen molar-refractivity contribution in [3.63, 3.8) is 0 Å². The molecule has 0 aliphatic rings. The van der Waals surface area contributed by atoms with Gasteiger partial charge in [0, 0.05) is 0 Å². The first-order chi connectivity index (χ1) is 9.45. The first-order valence-electron chi connectivity index (χ1n) is 6.74. The summed E-state index contributed by atoms with van der Waals surface area (Å²) >= 11 is 0. The Kier molecular flexibility index (Phi) is 6.03. The molecule has 1 aromatic rings. The fourth-order valence-electron chi connectivity index (χ4n) is 1.91. The van der Waals surface area contributed by atoms with Gasteiger partial charge in [0.25, 0.3) is 0 Å². The van der Waals surface area contributed by atoms with Crippen LogP contribution in [0, 0.1) is 5.92 Å². The Labute approximate surface area is 118 Å². The number of carboxylic acid groups (broad SMARTS) is 1. The van der Waals surface area contributed by atoms with Crippen molar-refractivity contribution in [3.8, 4) is 0 Å². The molecule has 0 bridgehead atoms. The Morgan fingerprint density at radius 2 is 2.05 bits per heavy atom. The molecule has 0 radical (unpaired) electrons. The van der Waals surface area contributed by atoms with Crippen LogP contribution in [-0.4, -0.2) is 23.8 Å². The van der Waals surface area contributed by atoms with Crippen LogP contribution in [0.25, 0.3) is 0 Å². The predicted octanol–water partition coefficient (Wildman–Crippen LogP) is 3.54. The number of ether oxygens (including phenoxy) is 1. The van der Waals surface area contributed by atoms with Crippen molar-refractivity contribution in [2.45, 2.75) is 33.6 Å². The molecule has 1 aromatic carbocycles. The Morgan fingerprint density at radius 3 is 2.60 bits per heavy atom. The number of benzene rings is 1. The highest BCUT2D eigenvalue weighted by molar-refractivity contribution is 6.00. The monoisotopic (exact) mass is 279 g/mol. The van der Waals surface area contributed by atoms with Gasteiger partial charge in [-0.3, -0.25) is 5.32 Å². The summed E-state index contributed by atoms with van der Waals surface area (Å²) in [7, 11) is 0. The average Bonchev–Trinajstić information content (AvgIpc) is 2.35. The van der Waals surface area contributed by atoms with Gasteiger partial charge in [0.05, 0.1) is 17.9 Å². The number of rotatable bonds is 6.